The molecule has 0 bridgehead atoms. The second-order valence-corrected chi connectivity index (χ2v) is 4.59. The Hall–Kier alpha value is -1.32. The highest BCUT2D eigenvalue weighted by atomic mass is 19.1. The van der Waals surface area contributed by atoms with Gasteiger partial charge in [0.25, 0.3) is 0 Å². The Kier molecular flexibility index (Phi) is 2.98. The fourth-order valence-corrected chi connectivity index (χ4v) is 2.76. The number of Topliss-reactive ketones (excluding diaryl/α,β-unsaturated/α-hetero) is 1. The fraction of sp³-hybridized carbons (Fsp3) is 0.462. The average molecular weight is 242 g/mol. The largest absolute Gasteiger partial charge is 0.299 e. The molecule has 1 aromatic rings. The van der Waals surface area contributed by atoms with Gasteiger partial charge in [-0.15, -0.1) is 0 Å². The summed E-state index contributed by atoms with van der Waals surface area (Å²) < 4.78 is 40.3. The summed E-state index contributed by atoms with van der Waals surface area (Å²) in [5.41, 5.74) is -1.36. The van der Waals surface area contributed by atoms with Crippen LogP contribution in [0.5, 0.6) is 0 Å². The van der Waals surface area contributed by atoms with Crippen molar-refractivity contribution in [1.82, 2.24) is 0 Å². The van der Waals surface area contributed by atoms with Gasteiger partial charge in [0.1, 0.15) is 23.2 Å². The van der Waals surface area contributed by atoms with E-state index in [1.54, 1.807) is 0 Å². The van der Waals surface area contributed by atoms with E-state index in [4.69, 9.17) is 0 Å². The molecule has 4 heteroatoms. The Balaban J connectivity index is 2.62. The van der Waals surface area contributed by atoms with E-state index >= 15 is 0 Å². The molecule has 0 atom stereocenters. The maximum Gasteiger partial charge on any atom is 0.140 e. The zero-order chi connectivity index (χ0) is 12.6. The number of ketones is 1. The molecule has 0 unspecified atom stereocenters. The van der Waals surface area contributed by atoms with Crippen LogP contribution >= 0.6 is 0 Å². The Morgan fingerprint density at radius 1 is 1.12 bits per heavy atom. The quantitative estimate of drug-likeness (QED) is 0.775. The summed E-state index contributed by atoms with van der Waals surface area (Å²) in [6.07, 6.45) is 2.38. The van der Waals surface area contributed by atoms with E-state index in [1.165, 1.54) is 6.92 Å². The molecule has 92 valence electrons. The minimum absolute atomic E-state index is 0.251. The van der Waals surface area contributed by atoms with Gasteiger partial charge in [-0.25, -0.2) is 13.2 Å². The van der Waals surface area contributed by atoms with E-state index < -0.39 is 22.9 Å². The predicted molar refractivity (Wildman–Crippen MR) is 57.1 cm³/mol. The minimum atomic E-state index is -1.10. The lowest BCUT2D eigenvalue weighted by molar-refractivity contribution is -0.122. The normalized spacial score (nSPS) is 18.4. The molecule has 0 amide bonds. The van der Waals surface area contributed by atoms with Crippen LogP contribution in [0.15, 0.2) is 12.1 Å². The van der Waals surface area contributed by atoms with E-state index in [-0.39, 0.29) is 11.3 Å². The van der Waals surface area contributed by atoms with Crippen molar-refractivity contribution >= 4 is 5.78 Å². The van der Waals surface area contributed by atoms with Gasteiger partial charge in [0.2, 0.25) is 0 Å². The standard InChI is InChI=1S/C13H13F3O/c1-8(17)13(4-2-3-5-13)12-10(15)6-9(14)7-11(12)16/h6-7H,2-5H2,1H3. The molecule has 0 radical (unpaired) electrons. The first-order valence-electron chi connectivity index (χ1n) is 5.63. The molecule has 1 aromatic carbocycles. The predicted octanol–water partition coefficient (Wildman–Crippen LogP) is 3.50. The van der Waals surface area contributed by atoms with Crippen molar-refractivity contribution in [1.29, 1.82) is 0 Å². The molecule has 0 spiro atoms. The molecule has 17 heavy (non-hydrogen) atoms. The highest BCUT2D eigenvalue weighted by Gasteiger charge is 2.44. The first-order chi connectivity index (χ1) is 7.97. The van der Waals surface area contributed by atoms with Crippen LogP contribution in [0.2, 0.25) is 0 Å². The summed E-state index contributed by atoms with van der Waals surface area (Å²) in [5, 5.41) is 0. The zero-order valence-corrected chi connectivity index (χ0v) is 9.53. The van der Waals surface area contributed by atoms with E-state index in [0.717, 1.165) is 12.8 Å². The van der Waals surface area contributed by atoms with Gasteiger partial charge in [0, 0.05) is 17.7 Å². The second-order valence-electron chi connectivity index (χ2n) is 4.59. The van der Waals surface area contributed by atoms with Gasteiger partial charge in [-0.1, -0.05) is 12.8 Å². The molecule has 0 N–H and O–H groups in total. The zero-order valence-electron chi connectivity index (χ0n) is 9.53. The van der Waals surface area contributed by atoms with Crippen LogP contribution in [0.25, 0.3) is 0 Å². The Bertz CT molecular complexity index is 439. The molecule has 2 rings (SSSR count). The van der Waals surface area contributed by atoms with Gasteiger partial charge in [-0.3, -0.25) is 4.79 Å². The van der Waals surface area contributed by atoms with Crippen LogP contribution in [-0.2, 0) is 10.2 Å². The lowest BCUT2D eigenvalue weighted by Crippen LogP contribution is -2.33. The molecule has 1 aliphatic rings. The summed E-state index contributed by atoms with van der Waals surface area (Å²) in [7, 11) is 0. The molecule has 0 heterocycles. The average Bonchev–Trinajstić information content (AvgIpc) is 2.66. The van der Waals surface area contributed by atoms with E-state index in [1.807, 2.05) is 0 Å². The van der Waals surface area contributed by atoms with Crippen molar-refractivity contribution in [2.24, 2.45) is 0 Å². The lowest BCUT2D eigenvalue weighted by atomic mass is 9.75. The van der Waals surface area contributed by atoms with E-state index in [0.29, 0.717) is 25.0 Å². The van der Waals surface area contributed by atoms with Crippen LogP contribution in [0.3, 0.4) is 0 Å². The summed E-state index contributed by atoms with van der Waals surface area (Å²) in [4.78, 5) is 11.7. The van der Waals surface area contributed by atoms with E-state index in [2.05, 4.69) is 0 Å². The van der Waals surface area contributed by atoms with Crippen molar-refractivity contribution in [3.05, 3.63) is 35.1 Å². The van der Waals surface area contributed by atoms with Gasteiger partial charge in [-0.2, -0.15) is 0 Å². The van der Waals surface area contributed by atoms with Crippen LogP contribution < -0.4 is 0 Å². The van der Waals surface area contributed by atoms with Crippen LogP contribution in [0.4, 0.5) is 13.2 Å². The Morgan fingerprint density at radius 2 is 1.59 bits per heavy atom. The Morgan fingerprint density at radius 3 is 2.00 bits per heavy atom. The molecule has 1 nitrogen and oxygen atoms in total. The first kappa shape index (κ1) is 12.1. The fourth-order valence-electron chi connectivity index (χ4n) is 2.76. The van der Waals surface area contributed by atoms with Gasteiger partial charge in [0.15, 0.2) is 0 Å². The smallest absolute Gasteiger partial charge is 0.140 e. The van der Waals surface area contributed by atoms with Crippen molar-refractivity contribution in [2.75, 3.05) is 0 Å². The minimum Gasteiger partial charge on any atom is -0.299 e. The number of carbonyl (C=O) groups excluding carboxylic acids is 1. The molecule has 1 aliphatic carbocycles. The van der Waals surface area contributed by atoms with Gasteiger partial charge in [-0.05, 0) is 19.8 Å². The lowest BCUT2D eigenvalue weighted by Gasteiger charge is -2.27. The highest BCUT2D eigenvalue weighted by Crippen LogP contribution is 2.44. The molecule has 1 fully saturated rings. The Labute approximate surface area is 97.6 Å². The molecular formula is C13H13F3O. The summed E-state index contributed by atoms with van der Waals surface area (Å²) in [6.45, 7) is 1.34. The third kappa shape index (κ3) is 1.85. The third-order valence-corrected chi connectivity index (χ3v) is 3.62. The summed E-state index contributed by atoms with van der Waals surface area (Å²) in [5.74, 6) is -3.13. The van der Waals surface area contributed by atoms with Crippen molar-refractivity contribution < 1.29 is 18.0 Å². The number of halogens is 3. The van der Waals surface area contributed by atoms with Crippen molar-refractivity contribution in [2.45, 2.75) is 38.0 Å². The summed E-state index contributed by atoms with van der Waals surface area (Å²) >= 11 is 0. The number of hydrogen-bond donors (Lipinski definition) is 0. The number of hydrogen-bond acceptors (Lipinski definition) is 1. The van der Waals surface area contributed by atoms with Crippen molar-refractivity contribution in [3.8, 4) is 0 Å². The van der Waals surface area contributed by atoms with Gasteiger partial charge in [0.05, 0.1) is 5.41 Å². The molecule has 0 aromatic heterocycles. The first-order valence-corrected chi connectivity index (χ1v) is 5.63. The maximum atomic E-state index is 13.7. The van der Waals surface area contributed by atoms with Crippen LogP contribution in [-0.4, -0.2) is 5.78 Å². The number of rotatable bonds is 2. The SMILES string of the molecule is CC(=O)C1(c2c(F)cc(F)cc2F)CCCC1. The monoisotopic (exact) mass is 242 g/mol. The molecular weight excluding hydrogens is 229 g/mol. The van der Waals surface area contributed by atoms with E-state index in [9.17, 15) is 18.0 Å². The molecule has 1 saturated carbocycles. The van der Waals surface area contributed by atoms with Gasteiger partial charge >= 0.3 is 0 Å². The van der Waals surface area contributed by atoms with Gasteiger partial charge < -0.3 is 0 Å². The van der Waals surface area contributed by atoms with Crippen LogP contribution in [0.1, 0.15) is 38.2 Å². The topological polar surface area (TPSA) is 17.1 Å². The van der Waals surface area contributed by atoms with Crippen molar-refractivity contribution in [3.63, 3.8) is 0 Å². The molecule has 0 aliphatic heterocycles. The third-order valence-electron chi connectivity index (χ3n) is 3.62. The second kappa shape index (κ2) is 4.17. The number of benzene rings is 1. The number of carbonyl (C=O) groups is 1. The van der Waals surface area contributed by atoms with Crippen LogP contribution in [0, 0.1) is 17.5 Å². The summed E-state index contributed by atoms with van der Waals surface area (Å²) in [6, 6.07) is 1.28. The maximum absolute atomic E-state index is 13.7. The highest BCUT2D eigenvalue weighted by molar-refractivity contribution is 5.88. The molecule has 0 saturated heterocycles.